The SMILES string of the molecule is CC(C)(C)OC(=O)NCCOc1nccc(OC2CC3(CC(NC(=O)O)C3)C2)n1. The number of carbonyl (C=O) groups excluding carboxylic acids is 1. The zero-order valence-electron chi connectivity index (χ0n) is 16.9. The standard InChI is InChI=1S/C19H28N4O6/c1-18(2,3)29-17(26)21-6-7-27-15-20-5-4-14(23-15)28-13-10-19(11-13)8-12(9-19)22-16(24)25/h4-5,12-13,22H,6-11H2,1-3H3,(H,21,26)(H,24,25). The zero-order valence-corrected chi connectivity index (χ0v) is 16.9. The highest BCUT2D eigenvalue weighted by Crippen LogP contribution is 2.56. The molecule has 1 aromatic rings. The fourth-order valence-corrected chi connectivity index (χ4v) is 3.83. The van der Waals surface area contributed by atoms with Gasteiger partial charge in [-0.3, -0.25) is 0 Å². The summed E-state index contributed by atoms with van der Waals surface area (Å²) in [6, 6.07) is 1.91. The van der Waals surface area contributed by atoms with Crippen LogP contribution in [0.15, 0.2) is 12.3 Å². The quantitative estimate of drug-likeness (QED) is 0.586. The number of hydrogen-bond donors (Lipinski definition) is 3. The number of alkyl carbamates (subject to hydrolysis) is 1. The summed E-state index contributed by atoms with van der Waals surface area (Å²) in [5.41, 5.74) is -0.343. The molecule has 0 bridgehead atoms. The molecule has 0 aliphatic heterocycles. The molecule has 0 aromatic carbocycles. The predicted molar refractivity (Wildman–Crippen MR) is 102 cm³/mol. The fraction of sp³-hybridized carbons (Fsp3) is 0.684. The first-order chi connectivity index (χ1) is 13.6. The molecule has 1 spiro atoms. The van der Waals surface area contributed by atoms with Crippen LogP contribution in [-0.4, -0.2) is 58.2 Å². The lowest BCUT2D eigenvalue weighted by Gasteiger charge is -2.56. The van der Waals surface area contributed by atoms with Crippen LogP contribution in [0.1, 0.15) is 46.5 Å². The average Bonchev–Trinajstić information content (AvgIpc) is 2.53. The van der Waals surface area contributed by atoms with E-state index in [0.29, 0.717) is 5.88 Å². The Bertz CT molecular complexity index is 736. The van der Waals surface area contributed by atoms with Crippen LogP contribution in [0.2, 0.25) is 0 Å². The van der Waals surface area contributed by atoms with Crippen LogP contribution in [0.3, 0.4) is 0 Å². The number of rotatable bonds is 7. The summed E-state index contributed by atoms with van der Waals surface area (Å²) in [6.07, 6.45) is 3.67. The zero-order chi connectivity index (χ0) is 21.1. The molecule has 2 aliphatic rings. The van der Waals surface area contributed by atoms with Crippen molar-refractivity contribution in [3.05, 3.63) is 12.3 Å². The molecule has 3 N–H and O–H groups in total. The highest BCUT2D eigenvalue weighted by atomic mass is 16.6. The van der Waals surface area contributed by atoms with Gasteiger partial charge in [-0.05, 0) is 51.9 Å². The van der Waals surface area contributed by atoms with Crippen molar-refractivity contribution in [3.8, 4) is 11.9 Å². The van der Waals surface area contributed by atoms with E-state index in [0.717, 1.165) is 25.7 Å². The Morgan fingerprint density at radius 3 is 2.66 bits per heavy atom. The maximum absolute atomic E-state index is 11.6. The Morgan fingerprint density at radius 1 is 1.28 bits per heavy atom. The van der Waals surface area contributed by atoms with Gasteiger partial charge < -0.3 is 30.0 Å². The molecule has 0 radical (unpaired) electrons. The number of carbonyl (C=O) groups is 2. The molecule has 2 amide bonds. The van der Waals surface area contributed by atoms with E-state index in [1.54, 1.807) is 33.0 Å². The monoisotopic (exact) mass is 408 g/mol. The van der Waals surface area contributed by atoms with Crippen LogP contribution in [0.25, 0.3) is 0 Å². The Balaban J connectivity index is 1.34. The largest absolute Gasteiger partial charge is 0.474 e. The van der Waals surface area contributed by atoms with Gasteiger partial charge >= 0.3 is 18.2 Å². The highest BCUT2D eigenvalue weighted by molar-refractivity contribution is 5.67. The molecule has 2 saturated carbocycles. The van der Waals surface area contributed by atoms with Gasteiger partial charge in [0.15, 0.2) is 0 Å². The van der Waals surface area contributed by atoms with E-state index >= 15 is 0 Å². The molecular formula is C19H28N4O6. The summed E-state index contributed by atoms with van der Waals surface area (Å²) < 4.78 is 16.5. The molecule has 1 aromatic heterocycles. The van der Waals surface area contributed by atoms with Crippen LogP contribution < -0.4 is 20.1 Å². The third-order valence-electron chi connectivity index (χ3n) is 4.90. The summed E-state index contributed by atoms with van der Waals surface area (Å²) in [7, 11) is 0. The molecule has 10 heteroatoms. The molecule has 29 heavy (non-hydrogen) atoms. The van der Waals surface area contributed by atoms with Crippen LogP contribution >= 0.6 is 0 Å². The van der Waals surface area contributed by atoms with Crippen molar-refractivity contribution in [1.82, 2.24) is 20.6 Å². The van der Waals surface area contributed by atoms with E-state index < -0.39 is 17.8 Å². The van der Waals surface area contributed by atoms with E-state index in [4.69, 9.17) is 19.3 Å². The number of hydrogen-bond acceptors (Lipinski definition) is 7. The second-order valence-electron chi connectivity index (χ2n) is 8.66. The molecule has 0 saturated heterocycles. The number of nitrogens with zero attached hydrogens (tertiary/aromatic N) is 2. The lowest BCUT2D eigenvalue weighted by Crippen LogP contribution is -2.58. The van der Waals surface area contributed by atoms with Gasteiger partial charge in [0.2, 0.25) is 5.88 Å². The van der Waals surface area contributed by atoms with Gasteiger partial charge in [-0.15, -0.1) is 0 Å². The fourth-order valence-electron chi connectivity index (χ4n) is 3.83. The lowest BCUT2D eigenvalue weighted by atomic mass is 9.53. The average molecular weight is 408 g/mol. The van der Waals surface area contributed by atoms with E-state index in [2.05, 4.69) is 20.6 Å². The number of ether oxygens (including phenoxy) is 3. The van der Waals surface area contributed by atoms with E-state index in [1.807, 2.05) is 0 Å². The third kappa shape index (κ3) is 6.10. The topological polar surface area (TPSA) is 132 Å². The Morgan fingerprint density at radius 2 is 2.00 bits per heavy atom. The summed E-state index contributed by atoms with van der Waals surface area (Å²) in [6.45, 7) is 5.85. The maximum Gasteiger partial charge on any atom is 0.407 e. The van der Waals surface area contributed by atoms with Crippen molar-refractivity contribution in [1.29, 1.82) is 0 Å². The molecule has 3 rings (SSSR count). The van der Waals surface area contributed by atoms with Crippen LogP contribution in [0, 0.1) is 5.41 Å². The molecule has 10 nitrogen and oxygen atoms in total. The van der Waals surface area contributed by atoms with E-state index in [1.165, 1.54) is 0 Å². The van der Waals surface area contributed by atoms with Crippen LogP contribution in [0.4, 0.5) is 9.59 Å². The molecule has 0 atom stereocenters. The summed E-state index contributed by atoms with van der Waals surface area (Å²) in [5, 5.41) is 13.9. The van der Waals surface area contributed by atoms with Crippen molar-refractivity contribution < 1.29 is 28.9 Å². The molecule has 160 valence electrons. The van der Waals surface area contributed by atoms with Crippen molar-refractivity contribution in [2.45, 2.75) is 64.2 Å². The van der Waals surface area contributed by atoms with Gasteiger partial charge in [-0.1, -0.05) is 0 Å². The second-order valence-corrected chi connectivity index (χ2v) is 8.66. The Kier molecular flexibility index (Phi) is 5.99. The van der Waals surface area contributed by atoms with Crippen molar-refractivity contribution in [3.63, 3.8) is 0 Å². The van der Waals surface area contributed by atoms with Crippen molar-refractivity contribution in [2.24, 2.45) is 5.41 Å². The minimum absolute atomic E-state index is 0.0572. The number of nitrogens with one attached hydrogen (secondary N) is 2. The smallest absolute Gasteiger partial charge is 0.407 e. The van der Waals surface area contributed by atoms with E-state index in [9.17, 15) is 9.59 Å². The first-order valence-corrected chi connectivity index (χ1v) is 9.71. The van der Waals surface area contributed by atoms with Crippen LogP contribution in [-0.2, 0) is 4.74 Å². The van der Waals surface area contributed by atoms with Gasteiger partial charge in [0.1, 0.15) is 18.3 Å². The maximum atomic E-state index is 11.6. The highest BCUT2D eigenvalue weighted by Gasteiger charge is 2.54. The minimum atomic E-state index is -0.966. The van der Waals surface area contributed by atoms with Gasteiger partial charge in [-0.2, -0.15) is 4.98 Å². The Labute approximate surface area is 169 Å². The van der Waals surface area contributed by atoms with Gasteiger partial charge in [-0.25, -0.2) is 14.6 Å². The first kappa shape index (κ1) is 20.9. The summed E-state index contributed by atoms with van der Waals surface area (Å²) >= 11 is 0. The number of aromatic nitrogens is 2. The molecule has 1 heterocycles. The predicted octanol–water partition coefficient (Wildman–Crippen LogP) is 2.34. The molecule has 0 unspecified atom stereocenters. The lowest BCUT2D eigenvalue weighted by molar-refractivity contribution is -0.0852. The summed E-state index contributed by atoms with van der Waals surface area (Å²) in [5.74, 6) is 0.439. The third-order valence-corrected chi connectivity index (χ3v) is 4.90. The minimum Gasteiger partial charge on any atom is -0.474 e. The van der Waals surface area contributed by atoms with Crippen molar-refractivity contribution >= 4 is 12.2 Å². The molecular weight excluding hydrogens is 380 g/mol. The normalized spacial score (nSPS) is 25.3. The molecule has 2 aliphatic carbocycles. The van der Waals surface area contributed by atoms with Gasteiger partial charge in [0.05, 0.1) is 6.54 Å². The summed E-state index contributed by atoms with van der Waals surface area (Å²) in [4.78, 5) is 30.5. The number of amides is 2. The van der Waals surface area contributed by atoms with Gasteiger partial charge in [0, 0.05) is 18.3 Å². The van der Waals surface area contributed by atoms with Crippen LogP contribution in [0.5, 0.6) is 11.9 Å². The molecule has 2 fully saturated rings. The first-order valence-electron chi connectivity index (χ1n) is 9.71. The van der Waals surface area contributed by atoms with Gasteiger partial charge in [0.25, 0.3) is 0 Å². The second kappa shape index (κ2) is 8.30. The number of carboxylic acid groups (broad SMARTS) is 1. The van der Waals surface area contributed by atoms with E-state index in [-0.39, 0.29) is 36.7 Å². The Hall–Kier alpha value is -2.78. The van der Waals surface area contributed by atoms with Crippen molar-refractivity contribution in [2.75, 3.05) is 13.2 Å².